The van der Waals surface area contributed by atoms with Crippen LogP contribution in [0.5, 0.6) is 0 Å². The molecule has 0 aliphatic carbocycles. The third-order valence-electron chi connectivity index (χ3n) is 2.82. The first kappa shape index (κ1) is 14.5. The first-order valence-electron chi connectivity index (χ1n) is 6.31. The van der Waals surface area contributed by atoms with Gasteiger partial charge in [0.1, 0.15) is 0 Å². The lowest BCUT2D eigenvalue weighted by Gasteiger charge is -2.16. The molecule has 106 valence electrons. The van der Waals surface area contributed by atoms with Crippen molar-refractivity contribution in [3.8, 4) is 0 Å². The van der Waals surface area contributed by atoms with E-state index in [0.717, 1.165) is 5.56 Å². The van der Waals surface area contributed by atoms with Crippen molar-refractivity contribution >= 4 is 22.4 Å². The summed E-state index contributed by atoms with van der Waals surface area (Å²) in [4.78, 5) is 15.9. The van der Waals surface area contributed by atoms with E-state index < -0.39 is 0 Å². The molecule has 1 aromatic carbocycles. The van der Waals surface area contributed by atoms with E-state index in [0.29, 0.717) is 17.2 Å². The summed E-state index contributed by atoms with van der Waals surface area (Å²) in [6, 6.07) is 9.45. The van der Waals surface area contributed by atoms with E-state index in [1.807, 2.05) is 30.3 Å². The Balaban J connectivity index is 1.88. The number of hydrogen-bond acceptors (Lipinski definition) is 5. The highest BCUT2D eigenvalue weighted by Crippen LogP contribution is 2.11. The van der Waals surface area contributed by atoms with Crippen molar-refractivity contribution in [1.82, 2.24) is 10.3 Å². The fourth-order valence-corrected chi connectivity index (χ4v) is 2.47. The summed E-state index contributed by atoms with van der Waals surface area (Å²) in [6.45, 7) is -0.0974. The van der Waals surface area contributed by atoms with Gasteiger partial charge >= 0.3 is 0 Å². The van der Waals surface area contributed by atoms with Crippen molar-refractivity contribution in [2.75, 3.05) is 12.3 Å². The summed E-state index contributed by atoms with van der Waals surface area (Å²) >= 11 is 1.31. The summed E-state index contributed by atoms with van der Waals surface area (Å²) in [6.07, 6.45) is 0.779. The van der Waals surface area contributed by atoms with E-state index >= 15 is 0 Å². The van der Waals surface area contributed by atoms with Crippen molar-refractivity contribution in [3.63, 3.8) is 0 Å². The van der Waals surface area contributed by atoms with E-state index in [1.165, 1.54) is 11.3 Å². The second-order valence-corrected chi connectivity index (χ2v) is 5.38. The van der Waals surface area contributed by atoms with Crippen molar-refractivity contribution in [2.45, 2.75) is 18.9 Å². The van der Waals surface area contributed by atoms with Crippen LogP contribution in [0.15, 0.2) is 35.7 Å². The summed E-state index contributed by atoms with van der Waals surface area (Å²) < 4.78 is 0. The highest BCUT2D eigenvalue weighted by Gasteiger charge is 2.13. The minimum atomic E-state index is -0.291. The van der Waals surface area contributed by atoms with Gasteiger partial charge < -0.3 is 16.2 Å². The Labute approximate surface area is 121 Å². The molecule has 2 rings (SSSR count). The molecule has 0 fully saturated rings. The van der Waals surface area contributed by atoms with Gasteiger partial charge in [-0.05, 0) is 12.0 Å². The number of aliphatic hydroxyl groups is 1. The Hall–Kier alpha value is -1.92. The molecule has 4 N–H and O–H groups in total. The number of amides is 1. The standard InChI is InChI=1S/C14H17N3O2S/c15-14-17-12(9-20-14)7-13(19)16-11(8-18)6-10-4-2-1-3-5-10/h1-5,9,11,18H,6-8H2,(H2,15,17)(H,16,19)/t11-/m1/s1. The number of rotatable bonds is 6. The topological polar surface area (TPSA) is 88.2 Å². The molecular formula is C14H17N3O2S. The number of benzene rings is 1. The quantitative estimate of drug-likeness (QED) is 0.740. The molecule has 0 spiro atoms. The molecule has 0 radical (unpaired) electrons. The third-order valence-corrected chi connectivity index (χ3v) is 3.54. The number of carbonyl (C=O) groups is 1. The normalized spacial score (nSPS) is 12.1. The maximum Gasteiger partial charge on any atom is 0.226 e. The first-order valence-corrected chi connectivity index (χ1v) is 7.19. The van der Waals surface area contributed by atoms with Crippen LogP contribution in [0.1, 0.15) is 11.3 Å². The zero-order valence-corrected chi connectivity index (χ0v) is 11.8. The molecule has 0 saturated carbocycles. The van der Waals surface area contributed by atoms with Crippen LogP contribution in [0.3, 0.4) is 0 Å². The Morgan fingerprint density at radius 3 is 2.75 bits per heavy atom. The van der Waals surface area contributed by atoms with Gasteiger partial charge in [-0.3, -0.25) is 4.79 Å². The molecular weight excluding hydrogens is 274 g/mol. The molecule has 20 heavy (non-hydrogen) atoms. The average molecular weight is 291 g/mol. The van der Waals surface area contributed by atoms with Crippen LogP contribution in [0.4, 0.5) is 5.13 Å². The number of nitrogens with two attached hydrogens (primary N) is 1. The number of nitrogens with zero attached hydrogens (tertiary/aromatic N) is 1. The number of anilines is 1. The van der Waals surface area contributed by atoms with Gasteiger partial charge in [0.2, 0.25) is 5.91 Å². The van der Waals surface area contributed by atoms with Crippen LogP contribution in [0.2, 0.25) is 0 Å². The highest BCUT2D eigenvalue weighted by molar-refractivity contribution is 7.13. The second kappa shape index (κ2) is 7.02. The molecule has 1 aromatic heterocycles. The SMILES string of the molecule is Nc1nc(CC(=O)N[C@@H](CO)Cc2ccccc2)cs1. The molecule has 0 aliphatic rings. The first-order chi connectivity index (χ1) is 9.67. The Morgan fingerprint density at radius 2 is 2.15 bits per heavy atom. The van der Waals surface area contributed by atoms with Gasteiger partial charge in [-0.1, -0.05) is 30.3 Å². The van der Waals surface area contributed by atoms with Gasteiger partial charge in [-0.25, -0.2) is 4.98 Å². The van der Waals surface area contributed by atoms with E-state index in [1.54, 1.807) is 5.38 Å². The van der Waals surface area contributed by atoms with Crippen molar-refractivity contribution in [3.05, 3.63) is 47.0 Å². The number of nitrogens with one attached hydrogen (secondary N) is 1. The number of thiazole rings is 1. The molecule has 1 atom stereocenters. The maximum absolute atomic E-state index is 11.9. The highest BCUT2D eigenvalue weighted by atomic mass is 32.1. The minimum absolute atomic E-state index is 0.0974. The summed E-state index contributed by atoms with van der Waals surface area (Å²) in [5.74, 6) is -0.162. The summed E-state index contributed by atoms with van der Waals surface area (Å²) in [7, 11) is 0. The van der Waals surface area contributed by atoms with Crippen LogP contribution < -0.4 is 11.1 Å². The molecule has 5 nitrogen and oxygen atoms in total. The van der Waals surface area contributed by atoms with Gasteiger partial charge in [-0.2, -0.15) is 0 Å². The lowest BCUT2D eigenvalue weighted by molar-refractivity contribution is -0.121. The molecule has 0 saturated heterocycles. The lowest BCUT2D eigenvalue weighted by atomic mass is 10.1. The fraction of sp³-hybridized carbons (Fsp3) is 0.286. The molecule has 0 aliphatic heterocycles. The van der Waals surface area contributed by atoms with Gasteiger partial charge in [0, 0.05) is 5.38 Å². The molecule has 1 amide bonds. The van der Waals surface area contributed by atoms with Crippen molar-refractivity contribution in [1.29, 1.82) is 0 Å². The number of nitrogen functional groups attached to an aromatic ring is 1. The van der Waals surface area contributed by atoms with Crippen LogP contribution >= 0.6 is 11.3 Å². The Kier molecular flexibility index (Phi) is 5.09. The summed E-state index contributed by atoms with van der Waals surface area (Å²) in [5, 5.41) is 14.4. The Bertz CT molecular complexity index is 557. The van der Waals surface area contributed by atoms with E-state index in [-0.39, 0.29) is 25.0 Å². The van der Waals surface area contributed by atoms with Crippen molar-refractivity contribution < 1.29 is 9.90 Å². The molecule has 6 heteroatoms. The number of aromatic nitrogens is 1. The van der Waals surface area contributed by atoms with Crippen LogP contribution in [0.25, 0.3) is 0 Å². The van der Waals surface area contributed by atoms with E-state index in [4.69, 9.17) is 5.73 Å². The van der Waals surface area contributed by atoms with Gasteiger partial charge in [0.05, 0.1) is 24.8 Å². The second-order valence-electron chi connectivity index (χ2n) is 4.49. The third kappa shape index (κ3) is 4.32. The number of hydrogen-bond donors (Lipinski definition) is 3. The molecule has 1 heterocycles. The number of carbonyl (C=O) groups excluding carboxylic acids is 1. The monoisotopic (exact) mass is 291 g/mol. The minimum Gasteiger partial charge on any atom is -0.394 e. The lowest BCUT2D eigenvalue weighted by Crippen LogP contribution is -2.39. The van der Waals surface area contributed by atoms with E-state index in [9.17, 15) is 9.90 Å². The van der Waals surface area contributed by atoms with Crippen LogP contribution in [0, 0.1) is 0 Å². The smallest absolute Gasteiger partial charge is 0.226 e. The zero-order chi connectivity index (χ0) is 14.4. The fourth-order valence-electron chi connectivity index (χ4n) is 1.91. The van der Waals surface area contributed by atoms with Crippen molar-refractivity contribution in [2.24, 2.45) is 0 Å². The predicted octanol–water partition coefficient (Wildman–Crippen LogP) is 0.988. The Morgan fingerprint density at radius 1 is 1.40 bits per heavy atom. The van der Waals surface area contributed by atoms with E-state index in [2.05, 4.69) is 10.3 Å². The van der Waals surface area contributed by atoms with Crippen LogP contribution in [-0.2, 0) is 17.6 Å². The van der Waals surface area contributed by atoms with Gasteiger partial charge in [0.15, 0.2) is 5.13 Å². The molecule has 0 bridgehead atoms. The van der Waals surface area contributed by atoms with Crippen LogP contribution in [-0.4, -0.2) is 28.6 Å². The largest absolute Gasteiger partial charge is 0.394 e. The zero-order valence-electron chi connectivity index (χ0n) is 11.0. The maximum atomic E-state index is 11.9. The molecule has 0 unspecified atom stereocenters. The number of aliphatic hydroxyl groups excluding tert-OH is 1. The van der Waals surface area contributed by atoms with Gasteiger partial charge in [-0.15, -0.1) is 11.3 Å². The van der Waals surface area contributed by atoms with Gasteiger partial charge in [0.25, 0.3) is 0 Å². The summed E-state index contributed by atoms with van der Waals surface area (Å²) in [5.41, 5.74) is 7.25. The predicted molar refractivity (Wildman–Crippen MR) is 79.4 cm³/mol. The molecule has 2 aromatic rings. The average Bonchev–Trinajstić information content (AvgIpc) is 2.84.